The van der Waals surface area contributed by atoms with E-state index in [1.807, 2.05) is 7.11 Å². The fourth-order valence-electron chi connectivity index (χ4n) is 2.43. The lowest BCUT2D eigenvalue weighted by Crippen LogP contribution is -2.48. The average molecular weight is 185 g/mol. The second kappa shape index (κ2) is 4.97. The number of hydrogen-bond donors (Lipinski definition) is 1. The second-order valence-corrected chi connectivity index (χ2v) is 4.20. The molecule has 2 heteroatoms. The van der Waals surface area contributed by atoms with Crippen molar-refractivity contribution in [2.45, 2.75) is 63.5 Å². The van der Waals surface area contributed by atoms with Crippen LogP contribution in [0.2, 0.25) is 0 Å². The van der Waals surface area contributed by atoms with E-state index in [1.165, 1.54) is 25.7 Å². The Morgan fingerprint density at radius 2 is 1.77 bits per heavy atom. The number of rotatable bonds is 3. The first-order valence-corrected chi connectivity index (χ1v) is 5.56. The third-order valence-electron chi connectivity index (χ3n) is 3.47. The monoisotopic (exact) mass is 185 g/mol. The maximum Gasteiger partial charge on any atom is 0.0828 e. The molecule has 78 valence electrons. The van der Waals surface area contributed by atoms with E-state index in [2.05, 4.69) is 6.92 Å². The van der Waals surface area contributed by atoms with E-state index in [9.17, 15) is 0 Å². The molecule has 0 bridgehead atoms. The minimum absolute atomic E-state index is 0.00868. The molecule has 0 amide bonds. The van der Waals surface area contributed by atoms with Crippen LogP contribution in [0.3, 0.4) is 0 Å². The summed E-state index contributed by atoms with van der Waals surface area (Å²) in [7, 11) is 1.82. The highest BCUT2D eigenvalue weighted by Gasteiger charge is 2.35. The summed E-state index contributed by atoms with van der Waals surface area (Å²) in [6.07, 6.45) is 8.58. The number of methoxy groups -OCH3 is 1. The molecule has 0 aromatic rings. The topological polar surface area (TPSA) is 35.2 Å². The van der Waals surface area contributed by atoms with Crippen LogP contribution in [0.4, 0.5) is 0 Å². The van der Waals surface area contributed by atoms with Crippen LogP contribution >= 0.6 is 0 Å². The van der Waals surface area contributed by atoms with E-state index < -0.39 is 0 Å². The molecule has 0 aromatic heterocycles. The molecule has 1 atom stereocenters. The Kier molecular flexibility index (Phi) is 4.20. The molecule has 1 aliphatic carbocycles. The smallest absolute Gasteiger partial charge is 0.0828 e. The first-order chi connectivity index (χ1) is 6.25. The first-order valence-electron chi connectivity index (χ1n) is 5.56. The largest absolute Gasteiger partial charge is 0.377 e. The minimum atomic E-state index is -0.00868. The third kappa shape index (κ3) is 2.44. The second-order valence-electron chi connectivity index (χ2n) is 4.20. The Morgan fingerprint density at radius 1 is 1.23 bits per heavy atom. The van der Waals surface area contributed by atoms with Gasteiger partial charge in [-0.2, -0.15) is 0 Å². The molecule has 1 fully saturated rings. The van der Waals surface area contributed by atoms with E-state index in [0.29, 0.717) is 0 Å². The Bertz CT molecular complexity index is 139. The van der Waals surface area contributed by atoms with Crippen molar-refractivity contribution in [2.75, 3.05) is 7.11 Å². The number of nitrogens with two attached hydrogens (primary N) is 1. The summed E-state index contributed by atoms with van der Waals surface area (Å²) in [4.78, 5) is 0. The van der Waals surface area contributed by atoms with Crippen molar-refractivity contribution in [3.05, 3.63) is 0 Å². The number of hydrogen-bond acceptors (Lipinski definition) is 2. The van der Waals surface area contributed by atoms with Gasteiger partial charge < -0.3 is 10.5 Å². The summed E-state index contributed by atoms with van der Waals surface area (Å²) in [5.74, 6) is 0. The van der Waals surface area contributed by atoms with E-state index in [1.54, 1.807) is 0 Å². The lowest BCUT2D eigenvalue weighted by atomic mass is 9.85. The maximum absolute atomic E-state index is 6.14. The molecular weight excluding hydrogens is 162 g/mol. The van der Waals surface area contributed by atoms with Gasteiger partial charge in [-0.1, -0.05) is 32.6 Å². The molecule has 0 radical (unpaired) electrons. The van der Waals surface area contributed by atoms with Gasteiger partial charge in [0, 0.05) is 13.2 Å². The van der Waals surface area contributed by atoms with Crippen LogP contribution in [-0.4, -0.2) is 18.8 Å². The molecular formula is C11H23NO. The zero-order valence-electron chi connectivity index (χ0n) is 9.01. The summed E-state index contributed by atoms with van der Waals surface area (Å²) in [5.41, 5.74) is 6.13. The van der Waals surface area contributed by atoms with E-state index >= 15 is 0 Å². The molecule has 1 saturated carbocycles. The Hall–Kier alpha value is -0.0800. The van der Waals surface area contributed by atoms with Crippen molar-refractivity contribution < 1.29 is 4.74 Å². The molecule has 1 aliphatic rings. The van der Waals surface area contributed by atoms with Gasteiger partial charge >= 0.3 is 0 Å². The van der Waals surface area contributed by atoms with Gasteiger partial charge in [0.15, 0.2) is 0 Å². The lowest BCUT2D eigenvalue weighted by molar-refractivity contribution is -0.0439. The van der Waals surface area contributed by atoms with Gasteiger partial charge in [0.1, 0.15) is 0 Å². The van der Waals surface area contributed by atoms with Gasteiger partial charge in [-0.15, -0.1) is 0 Å². The van der Waals surface area contributed by atoms with E-state index in [0.717, 1.165) is 19.3 Å². The van der Waals surface area contributed by atoms with Gasteiger partial charge in [0.05, 0.1) is 5.60 Å². The van der Waals surface area contributed by atoms with Crippen molar-refractivity contribution in [1.82, 2.24) is 0 Å². The molecule has 0 aromatic carbocycles. The average Bonchev–Trinajstić information content (AvgIpc) is 2.42. The highest BCUT2D eigenvalue weighted by molar-refractivity contribution is 4.91. The highest BCUT2D eigenvalue weighted by Crippen LogP contribution is 2.33. The molecule has 0 saturated heterocycles. The van der Waals surface area contributed by atoms with Crippen LogP contribution in [0.5, 0.6) is 0 Å². The molecule has 13 heavy (non-hydrogen) atoms. The zero-order valence-corrected chi connectivity index (χ0v) is 9.01. The highest BCUT2D eigenvalue weighted by atomic mass is 16.5. The van der Waals surface area contributed by atoms with Gasteiger partial charge in [-0.25, -0.2) is 0 Å². The lowest BCUT2D eigenvalue weighted by Gasteiger charge is -2.36. The summed E-state index contributed by atoms with van der Waals surface area (Å²) < 4.78 is 5.69. The SMILES string of the molecule is CCC(N)C1(OC)CCCCCC1. The van der Waals surface area contributed by atoms with Crippen LogP contribution in [0.15, 0.2) is 0 Å². The number of ether oxygens (including phenoxy) is 1. The van der Waals surface area contributed by atoms with Crippen LogP contribution in [-0.2, 0) is 4.74 Å². The summed E-state index contributed by atoms with van der Waals surface area (Å²) >= 11 is 0. The predicted octanol–water partition coefficient (Wildman–Crippen LogP) is 2.46. The first kappa shape index (κ1) is 11.0. The molecule has 2 nitrogen and oxygen atoms in total. The standard InChI is InChI=1S/C11H23NO/c1-3-10(12)11(13-2)8-6-4-5-7-9-11/h10H,3-9,12H2,1-2H3. The molecule has 2 N–H and O–H groups in total. The summed E-state index contributed by atoms with van der Waals surface area (Å²) in [5, 5.41) is 0. The quantitative estimate of drug-likeness (QED) is 0.685. The Labute approximate surface area is 81.8 Å². The van der Waals surface area contributed by atoms with Crippen molar-refractivity contribution in [1.29, 1.82) is 0 Å². The fraction of sp³-hybridized carbons (Fsp3) is 1.00. The molecule has 1 unspecified atom stereocenters. The van der Waals surface area contributed by atoms with Crippen LogP contribution in [0.25, 0.3) is 0 Å². The van der Waals surface area contributed by atoms with Crippen LogP contribution < -0.4 is 5.73 Å². The third-order valence-corrected chi connectivity index (χ3v) is 3.47. The van der Waals surface area contributed by atoms with Crippen LogP contribution in [0.1, 0.15) is 51.9 Å². The van der Waals surface area contributed by atoms with Crippen molar-refractivity contribution in [3.63, 3.8) is 0 Å². The molecule has 0 aliphatic heterocycles. The van der Waals surface area contributed by atoms with Gasteiger partial charge in [-0.05, 0) is 19.3 Å². The van der Waals surface area contributed by atoms with Crippen LogP contribution in [0, 0.1) is 0 Å². The van der Waals surface area contributed by atoms with Gasteiger partial charge in [0.2, 0.25) is 0 Å². The van der Waals surface area contributed by atoms with Crippen molar-refractivity contribution >= 4 is 0 Å². The van der Waals surface area contributed by atoms with Gasteiger partial charge in [0.25, 0.3) is 0 Å². The van der Waals surface area contributed by atoms with Crippen molar-refractivity contribution in [2.24, 2.45) is 5.73 Å². The molecule has 1 rings (SSSR count). The summed E-state index contributed by atoms with van der Waals surface area (Å²) in [6, 6.07) is 0.218. The summed E-state index contributed by atoms with van der Waals surface area (Å²) in [6.45, 7) is 2.15. The maximum atomic E-state index is 6.14. The molecule has 0 spiro atoms. The molecule has 0 heterocycles. The Balaban J connectivity index is 2.64. The minimum Gasteiger partial charge on any atom is -0.377 e. The normalized spacial score (nSPS) is 25.2. The fourth-order valence-corrected chi connectivity index (χ4v) is 2.43. The van der Waals surface area contributed by atoms with E-state index in [4.69, 9.17) is 10.5 Å². The zero-order chi connectivity index (χ0) is 9.73. The van der Waals surface area contributed by atoms with E-state index in [-0.39, 0.29) is 11.6 Å². The van der Waals surface area contributed by atoms with Crippen molar-refractivity contribution in [3.8, 4) is 0 Å². The Morgan fingerprint density at radius 3 is 2.15 bits per heavy atom. The predicted molar refractivity (Wildman–Crippen MR) is 55.7 cm³/mol. The van der Waals surface area contributed by atoms with Gasteiger partial charge in [-0.3, -0.25) is 0 Å².